The second-order valence-corrected chi connectivity index (χ2v) is 7.09. The van der Waals surface area contributed by atoms with Crippen LogP contribution in [0.5, 0.6) is 0 Å². The summed E-state index contributed by atoms with van der Waals surface area (Å²) in [5, 5.41) is 0. The maximum absolute atomic E-state index is 12.1. The summed E-state index contributed by atoms with van der Waals surface area (Å²) < 4.78 is 11.0. The van der Waals surface area contributed by atoms with Crippen LogP contribution in [-0.4, -0.2) is 53.7 Å². The number of nitrogens with zero attached hydrogens (tertiary/aromatic N) is 2. The molecule has 0 bridgehead atoms. The van der Waals surface area contributed by atoms with Gasteiger partial charge in [-0.25, -0.2) is 4.79 Å². The van der Waals surface area contributed by atoms with Crippen molar-refractivity contribution >= 4 is 11.9 Å². The van der Waals surface area contributed by atoms with E-state index in [-0.39, 0.29) is 24.4 Å². The highest BCUT2D eigenvalue weighted by molar-refractivity contribution is 5.95. The first-order valence-corrected chi connectivity index (χ1v) is 8.35. The maximum atomic E-state index is 12.1. The molecule has 132 valence electrons. The zero-order chi connectivity index (χ0) is 17.6. The van der Waals surface area contributed by atoms with Gasteiger partial charge in [0.15, 0.2) is 0 Å². The molecule has 0 N–H and O–H groups in total. The van der Waals surface area contributed by atoms with Crippen LogP contribution in [0.3, 0.4) is 0 Å². The second kappa shape index (κ2) is 8.24. The van der Waals surface area contributed by atoms with Crippen molar-refractivity contribution < 1.29 is 19.1 Å². The minimum absolute atomic E-state index is 0.0138. The van der Waals surface area contributed by atoms with Crippen molar-refractivity contribution in [2.75, 3.05) is 26.3 Å². The van der Waals surface area contributed by atoms with Crippen LogP contribution in [0.2, 0.25) is 0 Å². The Morgan fingerprint density at radius 3 is 2.79 bits per heavy atom. The van der Waals surface area contributed by atoms with Crippen LogP contribution in [0, 0.1) is 5.92 Å². The van der Waals surface area contributed by atoms with Crippen molar-refractivity contribution in [2.45, 2.75) is 39.2 Å². The molecule has 1 aromatic rings. The number of hydrogen-bond acceptors (Lipinski definition) is 5. The number of carbonyl (C=O) groups excluding carboxylic acids is 2. The van der Waals surface area contributed by atoms with E-state index in [0.717, 1.165) is 12.8 Å². The molecular formula is C18H26N2O4. The molecule has 1 fully saturated rings. The lowest BCUT2D eigenvalue weighted by atomic mass is 9.99. The molecule has 1 aliphatic rings. The molecule has 1 aliphatic heterocycles. The molecule has 1 amide bonds. The van der Waals surface area contributed by atoms with E-state index in [0.29, 0.717) is 25.4 Å². The largest absolute Gasteiger partial charge is 0.444 e. The molecule has 0 unspecified atom stereocenters. The van der Waals surface area contributed by atoms with Gasteiger partial charge in [0.1, 0.15) is 17.9 Å². The summed E-state index contributed by atoms with van der Waals surface area (Å²) in [6.07, 6.45) is 3.21. The lowest BCUT2D eigenvalue weighted by molar-refractivity contribution is 0.00784. The fourth-order valence-corrected chi connectivity index (χ4v) is 2.61. The molecule has 2 rings (SSSR count). The lowest BCUT2D eigenvalue weighted by Gasteiger charge is -2.34. The Balaban J connectivity index is 1.75. The predicted molar refractivity (Wildman–Crippen MR) is 89.9 cm³/mol. The molecule has 0 saturated carbocycles. The molecule has 0 radical (unpaired) electrons. The number of Topliss-reactive ketones (excluding diaryl/α,β-unsaturated/α-hetero) is 1. The van der Waals surface area contributed by atoms with Crippen LogP contribution in [0.15, 0.2) is 24.4 Å². The second-order valence-electron chi connectivity index (χ2n) is 7.09. The zero-order valence-electron chi connectivity index (χ0n) is 14.7. The number of hydrogen-bond donors (Lipinski definition) is 0. The summed E-state index contributed by atoms with van der Waals surface area (Å²) in [7, 11) is 0. The van der Waals surface area contributed by atoms with Gasteiger partial charge in [0.2, 0.25) is 5.78 Å². The quantitative estimate of drug-likeness (QED) is 0.775. The number of pyridine rings is 1. The number of aromatic nitrogens is 1. The average molecular weight is 334 g/mol. The lowest BCUT2D eigenvalue weighted by Crippen LogP contribution is -2.43. The van der Waals surface area contributed by atoms with Gasteiger partial charge in [0, 0.05) is 25.2 Å². The molecule has 1 atom stereocenters. The first-order chi connectivity index (χ1) is 11.3. The van der Waals surface area contributed by atoms with E-state index in [9.17, 15) is 9.59 Å². The van der Waals surface area contributed by atoms with E-state index in [4.69, 9.17) is 9.47 Å². The summed E-state index contributed by atoms with van der Waals surface area (Å²) in [4.78, 5) is 29.8. The Bertz CT molecular complexity index is 554. The number of ketones is 1. The van der Waals surface area contributed by atoms with Gasteiger partial charge in [-0.05, 0) is 45.7 Å². The third kappa shape index (κ3) is 5.92. The minimum atomic E-state index is -0.490. The SMILES string of the molecule is CC(C)(C)OC(=O)N1CCC[C@@H](COCC(=O)c2ccccn2)C1. The topological polar surface area (TPSA) is 68.7 Å². The van der Waals surface area contributed by atoms with Crippen molar-refractivity contribution in [1.29, 1.82) is 0 Å². The van der Waals surface area contributed by atoms with Crippen molar-refractivity contribution in [3.8, 4) is 0 Å². The minimum Gasteiger partial charge on any atom is -0.444 e. The van der Waals surface area contributed by atoms with Gasteiger partial charge in [-0.1, -0.05) is 6.07 Å². The molecule has 0 spiro atoms. The molecule has 0 aliphatic carbocycles. The van der Waals surface area contributed by atoms with Crippen LogP contribution in [0.1, 0.15) is 44.1 Å². The van der Waals surface area contributed by atoms with Gasteiger partial charge >= 0.3 is 6.09 Å². The van der Waals surface area contributed by atoms with E-state index in [2.05, 4.69) is 4.98 Å². The van der Waals surface area contributed by atoms with Gasteiger partial charge in [-0.15, -0.1) is 0 Å². The summed E-state index contributed by atoms with van der Waals surface area (Å²) in [5.74, 6) is 0.0956. The van der Waals surface area contributed by atoms with Crippen molar-refractivity contribution in [3.05, 3.63) is 30.1 Å². The van der Waals surface area contributed by atoms with E-state index in [1.165, 1.54) is 0 Å². The Kier molecular flexibility index (Phi) is 6.31. The van der Waals surface area contributed by atoms with Crippen LogP contribution in [0.4, 0.5) is 4.79 Å². The Labute approximate surface area is 143 Å². The first kappa shape index (κ1) is 18.4. The van der Waals surface area contributed by atoms with Gasteiger partial charge in [0.25, 0.3) is 0 Å². The fourth-order valence-electron chi connectivity index (χ4n) is 2.61. The summed E-state index contributed by atoms with van der Waals surface area (Å²) in [6.45, 7) is 7.36. The molecule has 1 aromatic heterocycles. The summed E-state index contributed by atoms with van der Waals surface area (Å²) in [6, 6.07) is 5.22. The van der Waals surface area contributed by atoms with E-state index < -0.39 is 5.60 Å². The highest BCUT2D eigenvalue weighted by Gasteiger charge is 2.27. The van der Waals surface area contributed by atoms with Crippen LogP contribution < -0.4 is 0 Å². The van der Waals surface area contributed by atoms with Gasteiger partial charge in [-0.3, -0.25) is 9.78 Å². The first-order valence-electron chi connectivity index (χ1n) is 8.35. The van der Waals surface area contributed by atoms with Crippen LogP contribution in [0.25, 0.3) is 0 Å². The number of likely N-dealkylation sites (tertiary alicyclic amines) is 1. The van der Waals surface area contributed by atoms with Gasteiger partial charge in [0.05, 0.1) is 6.61 Å². The number of piperidine rings is 1. The van der Waals surface area contributed by atoms with Crippen LogP contribution >= 0.6 is 0 Å². The van der Waals surface area contributed by atoms with Crippen molar-refractivity contribution in [1.82, 2.24) is 9.88 Å². The Hall–Kier alpha value is -1.95. The third-order valence-electron chi connectivity index (χ3n) is 3.71. The smallest absolute Gasteiger partial charge is 0.410 e. The monoisotopic (exact) mass is 334 g/mol. The van der Waals surface area contributed by atoms with E-state index in [1.807, 2.05) is 20.8 Å². The Morgan fingerprint density at radius 2 is 2.12 bits per heavy atom. The molecule has 6 nitrogen and oxygen atoms in total. The fraction of sp³-hybridized carbons (Fsp3) is 0.611. The summed E-state index contributed by atoms with van der Waals surface area (Å²) >= 11 is 0. The number of rotatable bonds is 5. The normalized spacial score (nSPS) is 18.3. The highest BCUT2D eigenvalue weighted by atomic mass is 16.6. The zero-order valence-corrected chi connectivity index (χ0v) is 14.7. The highest BCUT2D eigenvalue weighted by Crippen LogP contribution is 2.19. The molecule has 0 aromatic carbocycles. The van der Waals surface area contributed by atoms with Gasteiger partial charge in [-0.2, -0.15) is 0 Å². The maximum Gasteiger partial charge on any atom is 0.410 e. The predicted octanol–water partition coefficient (Wildman–Crippen LogP) is 2.93. The summed E-state index contributed by atoms with van der Waals surface area (Å²) in [5.41, 5.74) is -0.0770. The Morgan fingerprint density at radius 1 is 1.33 bits per heavy atom. The van der Waals surface area contributed by atoms with E-state index >= 15 is 0 Å². The van der Waals surface area contributed by atoms with E-state index in [1.54, 1.807) is 29.3 Å². The van der Waals surface area contributed by atoms with Crippen LogP contribution in [-0.2, 0) is 9.47 Å². The van der Waals surface area contributed by atoms with Crippen molar-refractivity contribution in [2.24, 2.45) is 5.92 Å². The average Bonchev–Trinajstić information content (AvgIpc) is 2.54. The molecular weight excluding hydrogens is 308 g/mol. The standard InChI is InChI=1S/C18H26N2O4/c1-18(2,3)24-17(22)20-10-6-7-14(11-20)12-23-13-16(21)15-8-4-5-9-19-15/h4-5,8-9,14H,6-7,10-13H2,1-3H3/t14-/m1/s1. The molecule has 24 heavy (non-hydrogen) atoms. The third-order valence-corrected chi connectivity index (χ3v) is 3.71. The van der Waals surface area contributed by atoms with Gasteiger partial charge < -0.3 is 14.4 Å². The molecule has 2 heterocycles. The van der Waals surface area contributed by atoms with Crippen molar-refractivity contribution in [3.63, 3.8) is 0 Å². The number of ether oxygens (including phenoxy) is 2. The molecule has 1 saturated heterocycles. The number of amides is 1. The number of carbonyl (C=O) groups is 2. The molecule has 6 heteroatoms.